The molecule has 1 aromatic rings. The van der Waals surface area contributed by atoms with Crippen LogP contribution in [0.5, 0.6) is 0 Å². The van der Waals surface area contributed by atoms with Gasteiger partial charge in [-0.3, -0.25) is 0 Å². The number of morpholine rings is 1. The fourth-order valence-corrected chi connectivity index (χ4v) is 1.72. The highest BCUT2D eigenvalue weighted by molar-refractivity contribution is 5.89. The highest BCUT2D eigenvalue weighted by atomic mass is 19.1. The Labute approximate surface area is 109 Å². The molecule has 5 nitrogen and oxygen atoms in total. The summed E-state index contributed by atoms with van der Waals surface area (Å²) < 4.78 is 31.2. The molecule has 1 atom stereocenters. The summed E-state index contributed by atoms with van der Waals surface area (Å²) in [5, 5.41) is 8.07. The van der Waals surface area contributed by atoms with Crippen LogP contribution in [0.3, 0.4) is 0 Å². The molecule has 1 aliphatic rings. The van der Waals surface area contributed by atoms with Crippen molar-refractivity contribution in [1.29, 1.82) is 0 Å². The van der Waals surface area contributed by atoms with Gasteiger partial charge in [-0.2, -0.15) is 0 Å². The second kappa shape index (κ2) is 6.44. The zero-order valence-electron chi connectivity index (χ0n) is 10.2. The van der Waals surface area contributed by atoms with Crippen molar-refractivity contribution in [2.45, 2.75) is 6.04 Å². The van der Waals surface area contributed by atoms with E-state index in [4.69, 9.17) is 4.74 Å². The number of amides is 2. The molecule has 1 fully saturated rings. The van der Waals surface area contributed by atoms with E-state index in [-0.39, 0.29) is 11.7 Å². The number of urea groups is 1. The minimum absolute atomic E-state index is 0.0394. The number of hydrogen-bond acceptors (Lipinski definition) is 3. The molecule has 0 aromatic heterocycles. The van der Waals surface area contributed by atoms with E-state index in [9.17, 15) is 13.6 Å². The summed E-state index contributed by atoms with van der Waals surface area (Å²) in [6, 6.07) is 2.46. The molecule has 0 spiro atoms. The van der Waals surface area contributed by atoms with Crippen molar-refractivity contribution < 1.29 is 18.3 Å². The molecule has 0 bridgehead atoms. The minimum atomic E-state index is -0.811. The Kier molecular flexibility index (Phi) is 4.64. The third-order valence-electron chi connectivity index (χ3n) is 2.69. The number of carbonyl (C=O) groups is 1. The van der Waals surface area contributed by atoms with Gasteiger partial charge in [-0.25, -0.2) is 13.6 Å². The Morgan fingerprint density at radius 1 is 1.47 bits per heavy atom. The van der Waals surface area contributed by atoms with Gasteiger partial charge in [-0.05, 0) is 12.1 Å². The molecule has 1 unspecified atom stereocenters. The smallest absolute Gasteiger partial charge is 0.319 e. The zero-order chi connectivity index (χ0) is 13.7. The molecule has 2 rings (SSSR count). The maximum atomic E-state index is 13.3. The Morgan fingerprint density at radius 2 is 2.32 bits per heavy atom. The number of rotatable bonds is 3. The van der Waals surface area contributed by atoms with Gasteiger partial charge >= 0.3 is 6.03 Å². The van der Waals surface area contributed by atoms with Gasteiger partial charge in [0.15, 0.2) is 0 Å². The Balaban J connectivity index is 1.80. The van der Waals surface area contributed by atoms with Gasteiger partial charge in [0.1, 0.15) is 11.6 Å². The SMILES string of the molecule is O=C(NCC1COCCN1)Nc1ccc(F)cc1F. The highest BCUT2D eigenvalue weighted by Gasteiger charge is 2.14. The summed E-state index contributed by atoms with van der Waals surface area (Å²) >= 11 is 0. The molecular weight excluding hydrogens is 256 g/mol. The second-order valence-corrected chi connectivity index (χ2v) is 4.19. The van der Waals surface area contributed by atoms with E-state index in [0.29, 0.717) is 25.8 Å². The third-order valence-corrected chi connectivity index (χ3v) is 2.69. The lowest BCUT2D eigenvalue weighted by Crippen LogP contribution is -2.49. The molecule has 1 heterocycles. The number of anilines is 1. The standard InChI is InChI=1S/C12H15F2N3O2/c13-8-1-2-11(10(14)5-8)17-12(18)16-6-9-7-19-4-3-15-9/h1-2,5,9,15H,3-4,6-7H2,(H2,16,17,18). The average Bonchev–Trinajstić information content (AvgIpc) is 2.41. The predicted octanol–water partition coefficient (Wildman–Crippen LogP) is 1.07. The fourth-order valence-electron chi connectivity index (χ4n) is 1.72. The predicted molar refractivity (Wildman–Crippen MR) is 66.0 cm³/mol. The maximum Gasteiger partial charge on any atom is 0.319 e. The first kappa shape index (κ1) is 13.7. The van der Waals surface area contributed by atoms with Crippen LogP contribution in [-0.4, -0.2) is 38.4 Å². The van der Waals surface area contributed by atoms with Crippen molar-refractivity contribution in [2.75, 3.05) is 31.6 Å². The van der Waals surface area contributed by atoms with E-state index >= 15 is 0 Å². The van der Waals surface area contributed by atoms with Gasteiger partial charge in [0.25, 0.3) is 0 Å². The average molecular weight is 271 g/mol. The van der Waals surface area contributed by atoms with Crippen LogP contribution in [0.15, 0.2) is 18.2 Å². The van der Waals surface area contributed by atoms with Gasteiger partial charge in [0, 0.05) is 25.2 Å². The van der Waals surface area contributed by atoms with E-state index in [1.807, 2.05) is 0 Å². The van der Waals surface area contributed by atoms with E-state index in [1.54, 1.807) is 0 Å². The monoisotopic (exact) mass is 271 g/mol. The van der Waals surface area contributed by atoms with Crippen LogP contribution in [0.1, 0.15) is 0 Å². The summed E-state index contributed by atoms with van der Waals surface area (Å²) in [5.74, 6) is -1.50. The van der Waals surface area contributed by atoms with Crippen molar-refractivity contribution in [3.8, 4) is 0 Å². The van der Waals surface area contributed by atoms with Crippen molar-refractivity contribution in [1.82, 2.24) is 10.6 Å². The first-order valence-corrected chi connectivity index (χ1v) is 5.96. The number of halogens is 2. The fraction of sp³-hybridized carbons (Fsp3) is 0.417. The third kappa shape index (κ3) is 4.15. The van der Waals surface area contributed by atoms with Crippen molar-refractivity contribution >= 4 is 11.7 Å². The topological polar surface area (TPSA) is 62.4 Å². The zero-order valence-corrected chi connectivity index (χ0v) is 10.2. The number of hydrogen-bond donors (Lipinski definition) is 3. The van der Waals surface area contributed by atoms with Crippen LogP contribution in [-0.2, 0) is 4.74 Å². The molecule has 19 heavy (non-hydrogen) atoms. The van der Waals surface area contributed by atoms with Crippen LogP contribution in [0.2, 0.25) is 0 Å². The van der Waals surface area contributed by atoms with Crippen LogP contribution >= 0.6 is 0 Å². The lowest BCUT2D eigenvalue weighted by Gasteiger charge is -2.23. The summed E-state index contributed by atoms with van der Waals surface area (Å²) in [6.45, 7) is 2.28. The van der Waals surface area contributed by atoms with Crippen LogP contribution in [0.4, 0.5) is 19.3 Å². The quantitative estimate of drug-likeness (QED) is 0.770. The summed E-state index contributed by atoms with van der Waals surface area (Å²) in [4.78, 5) is 11.5. The molecule has 1 aliphatic heterocycles. The molecule has 2 amide bonds. The lowest BCUT2D eigenvalue weighted by molar-refractivity contribution is 0.0776. The van der Waals surface area contributed by atoms with Gasteiger partial charge in [0.2, 0.25) is 0 Å². The van der Waals surface area contributed by atoms with E-state index in [1.165, 1.54) is 6.07 Å². The summed E-state index contributed by atoms with van der Waals surface area (Å²) in [6.07, 6.45) is 0. The van der Waals surface area contributed by atoms with E-state index in [0.717, 1.165) is 12.6 Å². The lowest BCUT2D eigenvalue weighted by atomic mass is 10.3. The van der Waals surface area contributed by atoms with Gasteiger partial charge in [-0.1, -0.05) is 0 Å². The second-order valence-electron chi connectivity index (χ2n) is 4.19. The Bertz CT molecular complexity index is 451. The Hall–Kier alpha value is -1.73. The normalized spacial score (nSPS) is 18.9. The largest absolute Gasteiger partial charge is 0.378 e. The van der Waals surface area contributed by atoms with Gasteiger partial charge < -0.3 is 20.7 Å². The highest BCUT2D eigenvalue weighted by Crippen LogP contribution is 2.14. The van der Waals surface area contributed by atoms with E-state index in [2.05, 4.69) is 16.0 Å². The molecule has 3 N–H and O–H groups in total. The van der Waals surface area contributed by atoms with Gasteiger partial charge in [-0.15, -0.1) is 0 Å². The van der Waals surface area contributed by atoms with E-state index < -0.39 is 17.7 Å². The van der Waals surface area contributed by atoms with Crippen LogP contribution in [0.25, 0.3) is 0 Å². The first-order chi connectivity index (χ1) is 9.15. The Morgan fingerprint density at radius 3 is 3.00 bits per heavy atom. The number of carbonyl (C=O) groups excluding carboxylic acids is 1. The molecule has 0 saturated carbocycles. The van der Waals surface area contributed by atoms with Gasteiger partial charge in [0.05, 0.1) is 18.9 Å². The molecule has 1 saturated heterocycles. The van der Waals surface area contributed by atoms with Crippen LogP contribution in [0, 0.1) is 11.6 Å². The van der Waals surface area contributed by atoms with Crippen molar-refractivity contribution in [3.05, 3.63) is 29.8 Å². The maximum absolute atomic E-state index is 13.3. The summed E-state index contributed by atoms with van der Waals surface area (Å²) in [5.41, 5.74) is -0.0632. The van der Waals surface area contributed by atoms with Crippen LogP contribution < -0.4 is 16.0 Å². The van der Waals surface area contributed by atoms with Crippen molar-refractivity contribution in [3.63, 3.8) is 0 Å². The molecule has 0 radical (unpaired) electrons. The number of nitrogens with one attached hydrogen (secondary N) is 3. The minimum Gasteiger partial charge on any atom is -0.378 e. The molecule has 104 valence electrons. The molecule has 0 aliphatic carbocycles. The molecular formula is C12H15F2N3O2. The number of benzene rings is 1. The summed E-state index contributed by atoms with van der Waals surface area (Å²) in [7, 11) is 0. The first-order valence-electron chi connectivity index (χ1n) is 5.96. The van der Waals surface area contributed by atoms with Crippen molar-refractivity contribution in [2.24, 2.45) is 0 Å². The molecule has 7 heteroatoms. The number of ether oxygens (including phenoxy) is 1. The molecule has 1 aromatic carbocycles.